The number of benzene rings is 2. The van der Waals surface area contributed by atoms with Gasteiger partial charge in [-0.15, -0.1) is 22.6 Å². The largest absolute Gasteiger partial charge is 0.369 e. The molecule has 0 bridgehead atoms. The second-order valence-electron chi connectivity index (χ2n) is 6.61. The maximum atomic E-state index is 6.35. The summed E-state index contributed by atoms with van der Waals surface area (Å²) < 4.78 is 0. The third-order valence-corrected chi connectivity index (χ3v) is 5.36. The van der Waals surface area contributed by atoms with Crippen molar-refractivity contribution in [2.75, 3.05) is 36.4 Å². The highest BCUT2D eigenvalue weighted by Gasteiger charge is 2.16. The number of aromatic nitrogens is 3. The van der Waals surface area contributed by atoms with Gasteiger partial charge in [0.2, 0.25) is 0 Å². The molecule has 1 atom stereocenters. The zero-order chi connectivity index (χ0) is 18.8. The summed E-state index contributed by atoms with van der Waals surface area (Å²) in [5, 5.41) is 21.3. The van der Waals surface area contributed by atoms with Gasteiger partial charge >= 0.3 is 0 Å². The van der Waals surface area contributed by atoms with Crippen LogP contribution in [0.4, 0.5) is 11.5 Å². The van der Waals surface area contributed by atoms with Gasteiger partial charge < -0.3 is 15.5 Å². The summed E-state index contributed by atoms with van der Waals surface area (Å²) in [6.07, 6.45) is 0. The molecule has 9 heteroatoms. The maximum Gasteiger partial charge on any atom is 0.160 e. The van der Waals surface area contributed by atoms with Gasteiger partial charge in [-0.2, -0.15) is 0 Å². The van der Waals surface area contributed by atoms with Gasteiger partial charge in [-0.1, -0.05) is 29.3 Å². The highest BCUT2D eigenvalue weighted by atomic mass is 35.5. The third-order valence-electron chi connectivity index (χ3n) is 4.80. The van der Waals surface area contributed by atoms with Crippen LogP contribution in [0.25, 0.3) is 10.9 Å². The Bertz CT molecular complexity index is 962. The Morgan fingerprint density at radius 3 is 2.61 bits per heavy atom. The van der Waals surface area contributed by atoms with Crippen LogP contribution in [0.2, 0.25) is 10.0 Å². The average molecular weight is 440 g/mol. The van der Waals surface area contributed by atoms with Crippen molar-refractivity contribution < 1.29 is 0 Å². The van der Waals surface area contributed by atoms with E-state index in [-0.39, 0.29) is 18.4 Å². The second kappa shape index (κ2) is 9.09. The van der Waals surface area contributed by atoms with Gasteiger partial charge in [0, 0.05) is 47.3 Å². The molecule has 1 aromatic heterocycles. The van der Waals surface area contributed by atoms with Gasteiger partial charge in [-0.05, 0) is 48.0 Å². The minimum atomic E-state index is -0.0579. The van der Waals surface area contributed by atoms with E-state index in [1.54, 1.807) is 6.07 Å². The lowest BCUT2D eigenvalue weighted by atomic mass is 10.1. The first-order valence-corrected chi connectivity index (χ1v) is 9.68. The lowest BCUT2D eigenvalue weighted by Gasteiger charge is -2.29. The molecule has 1 unspecified atom stereocenters. The number of rotatable bonds is 4. The van der Waals surface area contributed by atoms with E-state index in [4.69, 9.17) is 23.2 Å². The number of halogens is 3. The minimum absolute atomic E-state index is 0. The van der Waals surface area contributed by atoms with Crippen LogP contribution in [0.3, 0.4) is 0 Å². The summed E-state index contributed by atoms with van der Waals surface area (Å²) in [6.45, 7) is 5.97. The van der Waals surface area contributed by atoms with Gasteiger partial charge in [-0.3, -0.25) is 0 Å². The molecule has 0 aliphatic carbocycles. The summed E-state index contributed by atoms with van der Waals surface area (Å²) in [5.41, 5.74) is 2.92. The number of fused-ring (bicyclic) bond motifs is 1. The standard InChI is InChI=1S/C19H20Cl2N6.ClH/c1-12(15-4-2-13(20)10-17(15)21)23-19-16-11-14(27-8-6-22-7-9-27)3-5-18(16)24-26-25-19;/h2-5,10-12,22H,6-9H2,1H3,(H,23,24,25);1H. The smallest absolute Gasteiger partial charge is 0.160 e. The van der Waals surface area contributed by atoms with Gasteiger partial charge in [0.25, 0.3) is 0 Å². The Balaban J connectivity index is 0.00000225. The van der Waals surface area contributed by atoms with E-state index in [1.807, 2.05) is 25.1 Å². The average Bonchev–Trinajstić information content (AvgIpc) is 2.68. The topological polar surface area (TPSA) is 66.0 Å². The van der Waals surface area contributed by atoms with Crippen LogP contribution >= 0.6 is 35.6 Å². The molecule has 3 aromatic rings. The van der Waals surface area contributed by atoms with Crippen LogP contribution in [0, 0.1) is 0 Å². The number of piperazine rings is 1. The second-order valence-corrected chi connectivity index (χ2v) is 7.45. The van der Waals surface area contributed by atoms with Gasteiger partial charge in [0.15, 0.2) is 5.82 Å². The quantitative estimate of drug-likeness (QED) is 0.630. The summed E-state index contributed by atoms with van der Waals surface area (Å²) in [4.78, 5) is 2.36. The molecule has 6 nitrogen and oxygen atoms in total. The Labute approximate surface area is 180 Å². The summed E-state index contributed by atoms with van der Waals surface area (Å²) >= 11 is 12.4. The fourth-order valence-corrected chi connectivity index (χ4v) is 3.90. The predicted molar refractivity (Wildman–Crippen MR) is 118 cm³/mol. The molecule has 28 heavy (non-hydrogen) atoms. The first-order valence-electron chi connectivity index (χ1n) is 8.92. The van der Waals surface area contributed by atoms with Crippen LogP contribution in [-0.2, 0) is 0 Å². The highest BCUT2D eigenvalue weighted by molar-refractivity contribution is 6.35. The van der Waals surface area contributed by atoms with Crippen LogP contribution in [-0.4, -0.2) is 41.6 Å². The molecule has 1 saturated heterocycles. The minimum Gasteiger partial charge on any atom is -0.369 e. The van der Waals surface area contributed by atoms with Crippen molar-refractivity contribution in [3.8, 4) is 0 Å². The molecule has 0 saturated carbocycles. The van der Waals surface area contributed by atoms with Crippen molar-refractivity contribution in [2.45, 2.75) is 13.0 Å². The van der Waals surface area contributed by atoms with Crippen molar-refractivity contribution in [2.24, 2.45) is 0 Å². The summed E-state index contributed by atoms with van der Waals surface area (Å²) in [7, 11) is 0. The Kier molecular flexibility index (Phi) is 6.78. The molecule has 0 amide bonds. The van der Waals surface area contributed by atoms with E-state index in [0.29, 0.717) is 15.9 Å². The SMILES string of the molecule is CC(Nc1nnnc2ccc(N3CCNCC3)cc12)c1ccc(Cl)cc1Cl.Cl. The molecule has 2 N–H and O–H groups in total. The number of anilines is 2. The fraction of sp³-hybridized carbons (Fsp3) is 0.316. The summed E-state index contributed by atoms with van der Waals surface area (Å²) in [5.74, 6) is 0.690. The van der Waals surface area contributed by atoms with E-state index >= 15 is 0 Å². The molecule has 1 aliphatic heterocycles. The van der Waals surface area contributed by atoms with Crippen LogP contribution in [0.5, 0.6) is 0 Å². The lowest BCUT2D eigenvalue weighted by Crippen LogP contribution is -2.43. The van der Waals surface area contributed by atoms with Gasteiger partial charge in [-0.25, -0.2) is 0 Å². The molecule has 1 fully saturated rings. The van der Waals surface area contributed by atoms with Crippen molar-refractivity contribution in [3.63, 3.8) is 0 Å². The number of hydrogen-bond donors (Lipinski definition) is 2. The van der Waals surface area contributed by atoms with Crippen LogP contribution < -0.4 is 15.5 Å². The molecular weight excluding hydrogens is 419 g/mol. The third kappa shape index (κ3) is 4.41. The number of nitrogens with one attached hydrogen (secondary N) is 2. The lowest BCUT2D eigenvalue weighted by molar-refractivity contribution is 0.589. The van der Waals surface area contributed by atoms with E-state index < -0.39 is 0 Å². The number of nitrogens with zero attached hydrogens (tertiary/aromatic N) is 4. The first-order chi connectivity index (χ1) is 13.1. The zero-order valence-corrected chi connectivity index (χ0v) is 17.7. The monoisotopic (exact) mass is 438 g/mol. The maximum absolute atomic E-state index is 6.35. The molecule has 0 radical (unpaired) electrons. The molecule has 148 valence electrons. The van der Waals surface area contributed by atoms with Crippen molar-refractivity contribution in [1.29, 1.82) is 0 Å². The molecule has 2 heterocycles. The van der Waals surface area contributed by atoms with Crippen molar-refractivity contribution >= 4 is 58.0 Å². The van der Waals surface area contributed by atoms with Gasteiger partial charge in [0.1, 0.15) is 0 Å². The summed E-state index contributed by atoms with van der Waals surface area (Å²) in [6, 6.07) is 11.6. The van der Waals surface area contributed by atoms with E-state index in [0.717, 1.165) is 42.6 Å². The highest BCUT2D eigenvalue weighted by Crippen LogP contribution is 2.31. The van der Waals surface area contributed by atoms with Crippen molar-refractivity contribution in [1.82, 2.24) is 20.7 Å². The van der Waals surface area contributed by atoms with E-state index in [9.17, 15) is 0 Å². The van der Waals surface area contributed by atoms with Crippen LogP contribution in [0.1, 0.15) is 18.5 Å². The number of hydrogen-bond acceptors (Lipinski definition) is 6. The predicted octanol–water partition coefficient (Wildman–Crippen LogP) is 4.34. The Hall–Kier alpha value is -1.86. The normalized spacial score (nSPS) is 15.2. The van der Waals surface area contributed by atoms with E-state index in [1.165, 1.54) is 5.69 Å². The molecule has 0 spiro atoms. The molecule has 4 rings (SSSR count). The van der Waals surface area contributed by atoms with Crippen molar-refractivity contribution in [3.05, 3.63) is 52.0 Å². The molecule has 2 aromatic carbocycles. The molecular formula is C19H21Cl3N6. The fourth-order valence-electron chi connectivity index (χ4n) is 3.33. The molecule has 1 aliphatic rings. The van der Waals surface area contributed by atoms with Gasteiger partial charge in [0.05, 0.1) is 11.6 Å². The zero-order valence-electron chi connectivity index (χ0n) is 15.3. The Morgan fingerprint density at radius 2 is 1.86 bits per heavy atom. The van der Waals surface area contributed by atoms with E-state index in [2.05, 4.69) is 43.1 Å². The first kappa shape index (κ1) is 20.9. The Morgan fingerprint density at radius 1 is 1.07 bits per heavy atom. The van der Waals surface area contributed by atoms with Crippen LogP contribution in [0.15, 0.2) is 36.4 Å².